The quantitative estimate of drug-likeness (QED) is 0.862. The Morgan fingerprint density at radius 2 is 1.82 bits per heavy atom. The minimum atomic E-state index is -0.850. The number of carbonyl (C=O) groups excluding carboxylic acids is 1. The van der Waals surface area contributed by atoms with Gasteiger partial charge in [-0.3, -0.25) is 4.79 Å². The van der Waals surface area contributed by atoms with E-state index in [9.17, 15) is 4.79 Å². The average molecular weight is 231 g/mol. The molecule has 0 saturated carbocycles. The van der Waals surface area contributed by atoms with Crippen molar-refractivity contribution in [1.29, 1.82) is 5.26 Å². The third kappa shape index (κ3) is 3.49. The van der Waals surface area contributed by atoms with Gasteiger partial charge in [-0.2, -0.15) is 5.26 Å². The molecule has 90 valence electrons. The van der Waals surface area contributed by atoms with Crippen molar-refractivity contribution in [3.63, 3.8) is 0 Å². The van der Waals surface area contributed by atoms with E-state index in [0.29, 0.717) is 5.56 Å². The third-order valence-corrected chi connectivity index (χ3v) is 2.35. The average Bonchev–Trinajstić information content (AvgIpc) is 2.28. The molecule has 0 radical (unpaired) electrons. The zero-order valence-electron chi connectivity index (χ0n) is 10.6. The summed E-state index contributed by atoms with van der Waals surface area (Å²) in [5.74, 6) is -0.234. The summed E-state index contributed by atoms with van der Waals surface area (Å²) in [5, 5.41) is 11.5. The van der Waals surface area contributed by atoms with Crippen LogP contribution < -0.4 is 10.2 Å². The fourth-order valence-electron chi connectivity index (χ4n) is 1.29. The second kappa shape index (κ2) is 4.88. The Labute approximate surface area is 102 Å². The van der Waals surface area contributed by atoms with Gasteiger partial charge in [0.15, 0.2) is 0 Å². The van der Waals surface area contributed by atoms with Crippen molar-refractivity contribution in [3.8, 4) is 6.07 Å². The van der Waals surface area contributed by atoms with E-state index in [0.717, 1.165) is 5.69 Å². The van der Waals surface area contributed by atoms with Crippen molar-refractivity contribution in [1.82, 2.24) is 5.32 Å². The van der Waals surface area contributed by atoms with Crippen LogP contribution in [0.3, 0.4) is 0 Å². The molecule has 0 saturated heterocycles. The molecule has 1 aromatic carbocycles. The topological polar surface area (TPSA) is 56.1 Å². The van der Waals surface area contributed by atoms with Crippen LogP contribution in [0.5, 0.6) is 0 Å². The van der Waals surface area contributed by atoms with Gasteiger partial charge in [0, 0.05) is 25.3 Å². The second-order valence-electron chi connectivity index (χ2n) is 4.63. The van der Waals surface area contributed by atoms with Crippen LogP contribution in [0, 0.1) is 11.3 Å². The minimum Gasteiger partial charge on any atom is -0.378 e. The lowest BCUT2D eigenvalue weighted by Gasteiger charge is -2.18. The number of nitrogens with zero attached hydrogens (tertiary/aromatic N) is 2. The Morgan fingerprint density at radius 1 is 1.29 bits per heavy atom. The largest absolute Gasteiger partial charge is 0.378 e. The van der Waals surface area contributed by atoms with E-state index in [-0.39, 0.29) is 5.91 Å². The highest BCUT2D eigenvalue weighted by molar-refractivity contribution is 5.95. The van der Waals surface area contributed by atoms with Crippen molar-refractivity contribution < 1.29 is 4.79 Å². The summed E-state index contributed by atoms with van der Waals surface area (Å²) in [6.07, 6.45) is 0. The van der Waals surface area contributed by atoms with Crippen molar-refractivity contribution >= 4 is 11.6 Å². The predicted molar refractivity (Wildman–Crippen MR) is 67.9 cm³/mol. The molecule has 0 aromatic heterocycles. The maximum absolute atomic E-state index is 11.8. The van der Waals surface area contributed by atoms with Crippen molar-refractivity contribution in [2.45, 2.75) is 19.4 Å². The molecule has 4 nitrogen and oxygen atoms in total. The standard InChI is InChI=1S/C13H17N3O/c1-13(2,9-14)15-12(17)10-5-7-11(8-6-10)16(3)4/h5-8H,1-4H3,(H,15,17). The number of carbonyl (C=O) groups is 1. The molecular formula is C13H17N3O. The lowest BCUT2D eigenvalue weighted by atomic mass is 10.1. The summed E-state index contributed by atoms with van der Waals surface area (Å²) in [6, 6.07) is 9.27. The van der Waals surface area contributed by atoms with E-state index in [1.165, 1.54) is 0 Å². The third-order valence-electron chi connectivity index (χ3n) is 2.35. The molecular weight excluding hydrogens is 214 g/mol. The highest BCUT2D eigenvalue weighted by Crippen LogP contribution is 2.13. The monoisotopic (exact) mass is 231 g/mol. The number of hydrogen-bond donors (Lipinski definition) is 1. The zero-order valence-corrected chi connectivity index (χ0v) is 10.6. The smallest absolute Gasteiger partial charge is 0.252 e. The molecule has 4 heteroatoms. The highest BCUT2D eigenvalue weighted by Gasteiger charge is 2.19. The summed E-state index contributed by atoms with van der Waals surface area (Å²) >= 11 is 0. The molecule has 1 aromatic rings. The number of benzene rings is 1. The van der Waals surface area contributed by atoms with Crippen molar-refractivity contribution in [2.24, 2.45) is 0 Å². The molecule has 0 atom stereocenters. The van der Waals surface area contributed by atoms with Crippen molar-refractivity contribution in [3.05, 3.63) is 29.8 Å². The van der Waals surface area contributed by atoms with Gasteiger partial charge in [-0.05, 0) is 38.1 Å². The van der Waals surface area contributed by atoms with E-state index in [4.69, 9.17) is 5.26 Å². The summed E-state index contributed by atoms with van der Waals surface area (Å²) in [6.45, 7) is 3.33. The number of rotatable bonds is 3. The van der Waals surface area contributed by atoms with Crippen LogP contribution in [-0.2, 0) is 0 Å². The van der Waals surface area contributed by atoms with E-state index in [1.54, 1.807) is 26.0 Å². The first-order valence-electron chi connectivity index (χ1n) is 5.37. The first kappa shape index (κ1) is 13.0. The van der Waals surface area contributed by atoms with E-state index in [2.05, 4.69) is 5.32 Å². The molecule has 0 heterocycles. The van der Waals surface area contributed by atoms with Crippen LogP contribution in [0.1, 0.15) is 24.2 Å². The van der Waals surface area contributed by atoms with Crippen molar-refractivity contribution in [2.75, 3.05) is 19.0 Å². The Hall–Kier alpha value is -2.02. The first-order valence-corrected chi connectivity index (χ1v) is 5.37. The van der Waals surface area contributed by atoms with Gasteiger partial charge in [0.2, 0.25) is 0 Å². The van der Waals surface area contributed by atoms with Gasteiger partial charge in [-0.15, -0.1) is 0 Å². The Bertz CT molecular complexity index is 441. The molecule has 0 spiro atoms. The predicted octanol–water partition coefficient (Wildman–Crippen LogP) is 1.78. The molecule has 0 bridgehead atoms. The molecule has 0 aliphatic heterocycles. The first-order chi connectivity index (χ1) is 7.85. The summed E-state index contributed by atoms with van der Waals surface area (Å²) in [7, 11) is 3.88. The van der Waals surface area contributed by atoms with Gasteiger partial charge < -0.3 is 10.2 Å². The molecule has 1 N–H and O–H groups in total. The summed E-state index contributed by atoms with van der Waals surface area (Å²) in [4.78, 5) is 13.8. The number of nitriles is 1. The lowest BCUT2D eigenvalue weighted by molar-refractivity contribution is 0.0929. The molecule has 0 aliphatic rings. The Kier molecular flexibility index (Phi) is 3.74. The molecule has 0 aliphatic carbocycles. The van der Waals surface area contributed by atoms with Gasteiger partial charge in [-0.25, -0.2) is 0 Å². The van der Waals surface area contributed by atoms with Crippen LogP contribution in [0.25, 0.3) is 0 Å². The van der Waals surface area contributed by atoms with Crippen LogP contribution in [-0.4, -0.2) is 25.5 Å². The lowest BCUT2D eigenvalue weighted by Crippen LogP contribution is -2.42. The van der Waals surface area contributed by atoms with Gasteiger partial charge in [0.05, 0.1) is 6.07 Å². The molecule has 0 fully saturated rings. The number of nitrogens with one attached hydrogen (secondary N) is 1. The Balaban J connectivity index is 2.81. The van der Waals surface area contributed by atoms with Gasteiger partial charge in [-0.1, -0.05) is 0 Å². The fraction of sp³-hybridized carbons (Fsp3) is 0.385. The Morgan fingerprint density at radius 3 is 2.24 bits per heavy atom. The van der Waals surface area contributed by atoms with Crippen LogP contribution >= 0.6 is 0 Å². The molecule has 17 heavy (non-hydrogen) atoms. The highest BCUT2D eigenvalue weighted by atomic mass is 16.1. The molecule has 0 unspecified atom stereocenters. The van der Waals surface area contributed by atoms with Gasteiger partial charge in [0.1, 0.15) is 5.54 Å². The maximum Gasteiger partial charge on any atom is 0.252 e. The van der Waals surface area contributed by atoms with Crippen LogP contribution in [0.4, 0.5) is 5.69 Å². The second-order valence-corrected chi connectivity index (χ2v) is 4.63. The zero-order chi connectivity index (χ0) is 13.1. The normalized spacial score (nSPS) is 10.5. The summed E-state index contributed by atoms with van der Waals surface area (Å²) in [5.41, 5.74) is 0.733. The van der Waals surface area contributed by atoms with E-state index < -0.39 is 5.54 Å². The van der Waals surface area contributed by atoms with E-state index in [1.807, 2.05) is 37.2 Å². The van der Waals surface area contributed by atoms with Gasteiger partial charge in [0.25, 0.3) is 5.91 Å². The fourth-order valence-corrected chi connectivity index (χ4v) is 1.29. The molecule has 1 rings (SSSR count). The van der Waals surface area contributed by atoms with Crippen LogP contribution in [0.2, 0.25) is 0 Å². The number of amides is 1. The summed E-state index contributed by atoms with van der Waals surface area (Å²) < 4.78 is 0. The number of hydrogen-bond acceptors (Lipinski definition) is 3. The molecule has 1 amide bonds. The SMILES string of the molecule is CN(C)c1ccc(C(=O)NC(C)(C)C#N)cc1. The minimum absolute atomic E-state index is 0.234. The van der Waals surface area contributed by atoms with Gasteiger partial charge >= 0.3 is 0 Å². The van der Waals surface area contributed by atoms with E-state index >= 15 is 0 Å². The number of anilines is 1. The maximum atomic E-state index is 11.8. The van der Waals surface area contributed by atoms with Crippen LogP contribution in [0.15, 0.2) is 24.3 Å².